The molecule has 1 aromatic heterocycles. The molecule has 2 rings (SSSR count). The van der Waals surface area contributed by atoms with E-state index in [0.717, 1.165) is 0 Å². The van der Waals surface area contributed by atoms with Crippen molar-refractivity contribution in [3.05, 3.63) is 39.6 Å². The number of benzene rings is 1. The van der Waals surface area contributed by atoms with Gasteiger partial charge in [0.05, 0.1) is 10.6 Å². The molecular formula is C13H14Cl2N4O. The molecule has 0 saturated carbocycles. The summed E-state index contributed by atoms with van der Waals surface area (Å²) in [5, 5.41) is 0.983. The summed E-state index contributed by atoms with van der Waals surface area (Å²) in [4.78, 5) is 8.60. The van der Waals surface area contributed by atoms with Crippen LogP contribution in [0.15, 0.2) is 18.2 Å². The Kier molecular flexibility index (Phi) is 4.65. The smallest absolute Gasteiger partial charge is 0.227 e. The van der Waals surface area contributed by atoms with Crippen LogP contribution in [-0.2, 0) is 6.42 Å². The summed E-state index contributed by atoms with van der Waals surface area (Å²) in [5.74, 6) is 7.42. The summed E-state index contributed by atoms with van der Waals surface area (Å²) in [6, 6.07) is 4.99. The van der Waals surface area contributed by atoms with E-state index in [1.807, 2.05) is 13.8 Å². The zero-order chi connectivity index (χ0) is 14.7. The average Bonchev–Trinajstić information content (AvgIpc) is 2.45. The second-order valence-corrected chi connectivity index (χ2v) is 4.94. The summed E-state index contributed by atoms with van der Waals surface area (Å²) in [6.45, 7) is 3.75. The Balaban J connectivity index is 2.44. The quantitative estimate of drug-likeness (QED) is 0.664. The fourth-order valence-electron chi connectivity index (χ4n) is 1.60. The molecule has 3 N–H and O–H groups in total. The molecule has 1 aromatic carbocycles. The maximum absolute atomic E-state index is 6.08. The number of aryl methyl sites for hydroxylation is 1. The minimum Gasteiger partial charge on any atom is -0.437 e. The number of hydrogen-bond donors (Lipinski definition) is 2. The molecular weight excluding hydrogens is 299 g/mol. The van der Waals surface area contributed by atoms with Gasteiger partial charge in [0, 0.05) is 17.5 Å². The van der Waals surface area contributed by atoms with Crippen molar-refractivity contribution in [3.8, 4) is 11.6 Å². The van der Waals surface area contributed by atoms with Crippen LogP contribution in [0.2, 0.25) is 10.0 Å². The molecule has 0 atom stereocenters. The Morgan fingerprint density at radius 3 is 2.70 bits per heavy atom. The van der Waals surface area contributed by atoms with Crippen LogP contribution in [0.25, 0.3) is 0 Å². The van der Waals surface area contributed by atoms with Gasteiger partial charge in [0.2, 0.25) is 5.88 Å². The van der Waals surface area contributed by atoms with Crippen LogP contribution in [0.1, 0.15) is 18.3 Å². The number of nitrogens with two attached hydrogens (primary N) is 1. The molecule has 7 heteroatoms. The van der Waals surface area contributed by atoms with Gasteiger partial charge in [-0.15, -0.1) is 0 Å². The van der Waals surface area contributed by atoms with Crippen LogP contribution < -0.4 is 16.0 Å². The summed E-state index contributed by atoms with van der Waals surface area (Å²) in [6.07, 6.45) is 0.661. The van der Waals surface area contributed by atoms with Gasteiger partial charge in [-0.1, -0.05) is 30.1 Å². The highest BCUT2D eigenvalue weighted by molar-refractivity contribution is 6.34. The fraction of sp³-hybridized carbons (Fsp3) is 0.231. The minimum atomic E-state index is 0.397. The van der Waals surface area contributed by atoms with Gasteiger partial charge < -0.3 is 10.2 Å². The predicted molar refractivity (Wildman–Crippen MR) is 80.5 cm³/mol. The van der Waals surface area contributed by atoms with Crippen molar-refractivity contribution in [3.63, 3.8) is 0 Å². The Labute approximate surface area is 127 Å². The van der Waals surface area contributed by atoms with Gasteiger partial charge in [0.25, 0.3) is 0 Å². The van der Waals surface area contributed by atoms with Crippen molar-refractivity contribution in [2.45, 2.75) is 20.3 Å². The van der Waals surface area contributed by atoms with Gasteiger partial charge in [-0.05, 0) is 19.1 Å². The average molecular weight is 313 g/mol. The molecule has 0 aliphatic rings. The lowest BCUT2D eigenvalue weighted by Gasteiger charge is -2.13. The van der Waals surface area contributed by atoms with Crippen molar-refractivity contribution >= 4 is 29.0 Å². The molecule has 0 radical (unpaired) electrons. The number of nitrogen functional groups attached to an aromatic ring is 1. The Morgan fingerprint density at radius 2 is 2.05 bits per heavy atom. The van der Waals surface area contributed by atoms with E-state index in [-0.39, 0.29) is 0 Å². The molecule has 0 saturated heterocycles. The minimum absolute atomic E-state index is 0.397. The van der Waals surface area contributed by atoms with Crippen molar-refractivity contribution in [2.75, 3.05) is 5.43 Å². The lowest BCUT2D eigenvalue weighted by Crippen LogP contribution is -2.13. The summed E-state index contributed by atoms with van der Waals surface area (Å²) in [7, 11) is 0. The lowest BCUT2D eigenvalue weighted by atomic mass is 10.3. The highest BCUT2D eigenvalue weighted by atomic mass is 35.5. The number of rotatable bonds is 4. The Bertz CT molecular complexity index is 634. The lowest BCUT2D eigenvalue weighted by molar-refractivity contribution is 0.455. The van der Waals surface area contributed by atoms with Gasteiger partial charge in [0.1, 0.15) is 17.4 Å². The monoisotopic (exact) mass is 312 g/mol. The third kappa shape index (κ3) is 3.12. The van der Waals surface area contributed by atoms with Crippen molar-refractivity contribution in [2.24, 2.45) is 5.84 Å². The number of hydrazine groups is 1. The van der Waals surface area contributed by atoms with E-state index in [2.05, 4.69) is 15.4 Å². The predicted octanol–water partition coefficient (Wildman–Crippen LogP) is 3.73. The fourth-order valence-corrected chi connectivity index (χ4v) is 1.92. The number of nitrogens with zero attached hydrogens (tertiary/aromatic N) is 2. The zero-order valence-electron chi connectivity index (χ0n) is 11.1. The standard InChI is InChI=1S/C13H14Cl2N4O/c1-3-11-17-12(19-16)7(2)13(18-11)20-10-6-8(14)4-5-9(10)15/h4-6H,3,16H2,1-2H3,(H,17,18,19). The molecule has 1 heterocycles. The van der Waals surface area contributed by atoms with E-state index < -0.39 is 0 Å². The molecule has 0 aliphatic heterocycles. The number of halogens is 2. The van der Waals surface area contributed by atoms with E-state index in [1.54, 1.807) is 18.2 Å². The Morgan fingerprint density at radius 1 is 1.30 bits per heavy atom. The van der Waals surface area contributed by atoms with E-state index in [4.69, 9.17) is 33.8 Å². The Hall–Kier alpha value is -1.56. The second kappa shape index (κ2) is 6.26. The first-order valence-corrected chi connectivity index (χ1v) is 6.77. The molecule has 0 fully saturated rings. The molecule has 0 amide bonds. The summed E-state index contributed by atoms with van der Waals surface area (Å²) >= 11 is 12.0. The normalized spacial score (nSPS) is 10.4. The van der Waals surface area contributed by atoms with Crippen LogP contribution >= 0.6 is 23.2 Å². The maximum Gasteiger partial charge on any atom is 0.227 e. The molecule has 2 aromatic rings. The van der Waals surface area contributed by atoms with E-state index in [9.17, 15) is 0 Å². The SMILES string of the molecule is CCc1nc(NN)c(C)c(Oc2cc(Cl)ccc2Cl)n1. The third-order valence-electron chi connectivity index (χ3n) is 2.70. The molecule has 20 heavy (non-hydrogen) atoms. The topological polar surface area (TPSA) is 73.1 Å². The van der Waals surface area contributed by atoms with E-state index in [1.165, 1.54) is 0 Å². The van der Waals surface area contributed by atoms with Gasteiger partial charge in [-0.25, -0.2) is 10.8 Å². The highest BCUT2D eigenvalue weighted by Gasteiger charge is 2.13. The number of ether oxygens (including phenoxy) is 1. The largest absolute Gasteiger partial charge is 0.437 e. The van der Waals surface area contributed by atoms with Crippen LogP contribution in [0.5, 0.6) is 11.6 Å². The molecule has 0 unspecified atom stereocenters. The first kappa shape index (κ1) is 14.8. The number of aromatic nitrogens is 2. The molecule has 0 bridgehead atoms. The van der Waals surface area contributed by atoms with Gasteiger partial charge in [0.15, 0.2) is 0 Å². The molecule has 106 valence electrons. The number of anilines is 1. The van der Waals surface area contributed by atoms with E-state index >= 15 is 0 Å². The summed E-state index contributed by atoms with van der Waals surface area (Å²) < 4.78 is 5.74. The van der Waals surface area contributed by atoms with Crippen LogP contribution in [0.3, 0.4) is 0 Å². The highest BCUT2D eigenvalue weighted by Crippen LogP contribution is 2.33. The molecule has 5 nitrogen and oxygen atoms in total. The van der Waals surface area contributed by atoms with Crippen molar-refractivity contribution in [1.82, 2.24) is 9.97 Å². The van der Waals surface area contributed by atoms with Gasteiger partial charge >= 0.3 is 0 Å². The molecule has 0 spiro atoms. The van der Waals surface area contributed by atoms with Gasteiger partial charge in [-0.2, -0.15) is 4.98 Å². The maximum atomic E-state index is 6.08. The van der Waals surface area contributed by atoms with Crippen LogP contribution in [-0.4, -0.2) is 9.97 Å². The number of hydrogen-bond acceptors (Lipinski definition) is 5. The first-order chi connectivity index (χ1) is 9.55. The summed E-state index contributed by atoms with van der Waals surface area (Å²) in [5.41, 5.74) is 3.23. The van der Waals surface area contributed by atoms with Gasteiger partial charge in [-0.3, -0.25) is 0 Å². The first-order valence-electron chi connectivity index (χ1n) is 6.02. The zero-order valence-corrected chi connectivity index (χ0v) is 12.6. The van der Waals surface area contributed by atoms with Crippen LogP contribution in [0, 0.1) is 6.92 Å². The van der Waals surface area contributed by atoms with Crippen molar-refractivity contribution < 1.29 is 4.74 Å². The molecule has 0 aliphatic carbocycles. The van der Waals surface area contributed by atoms with Crippen LogP contribution in [0.4, 0.5) is 5.82 Å². The third-order valence-corrected chi connectivity index (χ3v) is 3.25. The van der Waals surface area contributed by atoms with Crippen molar-refractivity contribution in [1.29, 1.82) is 0 Å². The van der Waals surface area contributed by atoms with E-state index in [0.29, 0.717) is 45.3 Å². The number of nitrogens with one attached hydrogen (secondary N) is 1. The second-order valence-electron chi connectivity index (χ2n) is 4.09.